The summed E-state index contributed by atoms with van der Waals surface area (Å²) in [5.74, 6) is 1.07. The fourth-order valence-corrected chi connectivity index (χ4v) is 4.45. The maximum Gasteiger partial charge on any atom is 0.225 e. The number of aliphatic imine (C=N–C) groups is 1. The van der Waals surface area contributed by atoms with Gasteiger partial charge in [0.2, 0.25) is 5.91 Å². The summed E-state index contributed by atoms with van der Waals surface area (Å²) in [5.41, 5.74) is 1.23. The van der Waals surface area contributed by atoms with Gasteiger partial charge in [0.15, 0.2) is 5.96 Å². The van der Waals surface area contributed by atoms with Crippen LogP contribution in [0.5, 0.6) is 0 Å². The lowest BCUT2D eigenvalue weighted by molar-refractivity contribution is -0.133. The maximum atomic E-state index is 12.2. The van der Waals surface area contributed by atoms with E-state index in [1.54, 1.807) is 7.05 Å². The van der Waals surface area contributed by atoms with Gasteiger partial charge in [-0.1, -0.05) is 37.6 Å². The molecule has 0 radical (unpaired) electrons. The Kier molecular flexibility index (Phi) is 10.2. The van der Waals surface area contributed by atoms with Crippen LogP contribution >= 0.6 is 35.6 Å². The lowest BCUT2D eigenvalue weighted by Gasteiger charge is -2.29. The van der Waals surface area contributed by atoms with Gasteiger partial charge in [0.25, 0.3) is 0 Å². The lowest BCUT2D eigenvalue weighted by atomic mass is 10.1. The smallest absolute Gasteiger partial charge is 0.225 e. The molecule has 0 aliphatic carbocycles. The van der Waals surface area contributed by atoms with Crippen molar-refractivity contribution in [3.05, 3.63) is 34.9 Å². The van der Waals surface area contributed by atoms with Gasteiger partial charge in [-0.15, -0.1) is 24.0 Å². The van der Waals surface area contributed by atoms with Gasteiger partial charge in [0.1, 0.15) is 0 Å². The molecule has 2 aliphatic heterocycles. The molecular formula is C22H35ClIN5O. The molecule has 2 N–H and O–H groups in total. The second-order valence-corrected chi connectivity index (χ2v) is 8.77. The zero-order valence-electron chi connectivity index (χ0n) is 18.2. The summed E-state index contributed by atoms with van der Waals surface area (Å²) in [5, 5.41) is 7.78. The molecule has 2 fully saturated rings. The van der Waals surface area contributed by atoms with Gasteiger partial charge >= 0.3 is 0 Å². The van der Waals surface area contributed by atoms with Crippen LogP contribution in [0.3, 0.4) is 0 Å². The molecule has 168 valence electrons. The Morgan fingerprint density at radius 1 is 1.27 bits per heavy atom. The van der Waals surface area contributed by atoms with Gasteiger partial charge in [-0.05, 0) is 50.0 Å². The Labute approximate surface area is 202 Å². The molecule has 30 heavy (non-hydrogen) atoms. The number of nitrogens with one attached hydrogen (secondary N) is 2. The molecule has 1 aromatic carbocycles. The van der Waals surface area contributed by atoms with Gasteiger partial charge in [-0.2, -0.15) is 0 Å². The number of amides is 1. The van der Waals surface area contributed by atoms with Crippen molar-refractivity contribution in [2.75, 3.05) is 39.8 Å². The quantitative estimate of drug-likeness (QED) is 0.325. The van der Waals surface area contributed by atoms with Crippen LogP contribution in [0.25, 0.3) is 0 Å². The molecule has 0 saturated carbocycles. The molecule has 2 atom stereocenters. The van der Waals surface area contributed by atoms with Crippen LogP contribution in [-0.2, 0) is 4.79 Å². The second-order valence-electron chi connectivity index (χ2n) is 8.34. The number of rotatable bonds is 6. The third kappa shape index (κ3) is 6.72. The summed E-state index contributed by atoms with van der Waals surface area (Å²) in [6, 6.07) is 8.66. The minimum Gasteiger partial charge on any atom is -0.354 e. The molecule has 1 aromatic rings. The lowest BCUT2D eigenvalue weighted by Crippen LogP contribution is -2.47. The Morgan fingerprint density at radius 3 is 2.63 bits per heavy atom. The number of hydrogen-bond acceptors (Lipinski definition) is 3. The average Bonchev–Trinajstić information content (AvgIpc) is 3.39. The first-order valence-corrected chi connectivity index (χ1v) is 11.1. The van der Waals surface area contributed by atoms with Crippen molar-refractivity contribution >= 4 is 47.4 Å². The Morgan fingerprint density at radius 2 is 2.00 bits per heavy atom. The van der Waals surface area contributed by atoms with E-state index in [-0.39, 0.29) is 47.9 Å². The van der Waals surface area contributed by atoms with Gasteiger partial charge in [0, 0.05) is 43.7 Å². The summed E-state index contributed by atoms with van der Waals surface area (Å²) in [6.07, 6.45) is 3.43. The van der Waals surface area contributed by atoms with E-state index in [1.807, 2.05) is 30.9 Å². The van der Waals surface area contributed by atoms with Crippen molar-refractivity contribution in [3.63, 3.8) is 0 Å². The summed E-state index contributed by atoms with van der Waals surface area (Å²) in [6.45, 7) is 8.45. The van der Waals surface area contributed by atoms with E-state index in [9.17, 15) is 4.79 Å². The summed E-state index contributed by atoms with van der Waals surface area (Å²) in [7, 11) is 1.80. The predicted molar refractivity (Wildman–Crippen MR) is 135 cm³/mol. The zero-order valence-corrected chi connectivity index (χ0v) is 21.3. The number of guanidine groups is 1. The molecule has 3 rings (SSSR count). The van der Waals surface area contributed by atoms with E-state index < -0.39 is 0 Å². The van der Waals surface area contributed by atoms with Crippen LogP contribution in [-0.4, -0.2) is 67.5 Å². The Hall–Kier alpha value is -1.06. The molecule has 8 heteroatoms. The molecule has 2 saturated heterocycles. The van der Waals surface area contributed by atoms with Crippen molar-refractivity contribution < 1.29 is 4.79 Å². The van der Waals surface area contributed by atoms with E-state index in [4.69, 9.17) is 11.6 Å². The summed E-state index contributed by atoms with van der Waals surface area (Å²) >= 11 is 6.25. The molecule has 0 aromatic heterocycles. The van der Waals surface area contributed by atoms with Crippen LogP contribution in [0.15, 0.2) is 29.3 Å². The summed E-state index contributed by atoms with van der Waals surface area (Å²) < 4.78 is 0. The minimum absolute atomic E-state index is 0. The van der Waals surface area contributed by atoms with Gasteiger partial charge in [0.05, 0.1) is 6.04 Å². The molecule has 0 bridgehead atoms. The van der Waals surface area contributed by atoms with Crippen molar-refractivity contribution in [2.45, 2.75) is 45.2 Å². The highest BCUT2D eigenvalue weighted by Crippen LogP contribution is 2.26. The standard InChI is InChI=1S/C22H34ClN5O.HI/c1-16(2)21(29)28-12-9-19(15-28)26-22(24-3)25-14-20(27-10-4-5-11-27)17-7-6-8-18(23)13-17;/h6-8,13,16,19-20H,4-5,9-12,14-15H2,1-3H3,(H2,24,25,26);1H. The monoisotopic (exact) mass is 547 g/mol. The van der Waals surface area contributed by atoms with E-state index in [2.05, 4.69) is 32.7 Å². The second kappa shape index (κ2) is 12.1. The maximum absolute atomic E-state index is 12.2. The van der Waals surface area contributed by atoms with E-state index in [0.29, 0.717) is 0 Å². The molecule has 0 spiro atoms. The molecule has 2 unspecified atom stereocenters. The van der Waals surface area contributed by atoms with Crippen LogP contribution in [0.1, 0.15) is 44.7 Å². The number of likely N-dealkylation sites (tertiary alicyclic amines) is 2. The third-order valence-electron chi connectivity index (χ3n) is 5.84. The highest BCUT2D eigenvalue weighted by molar-refractivity contribution is 14.0. The molecule has 2 aliphatic rings. The fraction of sp³-hybridized carbons (Fsp3) is 0.636. The third-order valence-corrected chi connectivity index (χ3v) is 6.07. The van der Waals surface area contributed by atoms with Crippen molar-refractivity contribution in [2.24, 2.45) is 10.9 Å². The number of nitrogens with zero attached hydrogens (tertiary/aromatic N) is 3. The number of carbonyl (C=O) groups excluding carboxylic acids is 1. The molecule has 1 amide bonds. The first kappa shape index (κ1) is 25.2. The first-order valence-electron chi connectivity index (χ1n) is 10.7. The topological polar surface area (TPSA) is 60.0 Å². The normalized spacial score (nSPS) is 20.9. The fourth-order valence-electron chi connectivity index (χ4n) is 4.25. The van der Waals surface area contributed by atoms with Gasteiger partial charge in [-0.25, -0.2) is 0 Å². The van der Waals surface area contributed by atoms with E-state index in [0.717, 1.165) is 50.1 Å². The van der Waals surface area contributed by atoms with Crippen LogP contribution in [0, 0.1) is 5.92 Å². The number of hydrogen-bond donors (Lipinski definition) is 2. The molecule has 2 heterocycles. The largest absolute Gasteiger partial charge is 0.354 e. The zero-order chi connectivity index (χ0) is 20.8. The van der Waals surface area contributed by atoms with Gasteiger partial charge in [-0.3, -0.25) is 14.7 Å². The van der Waals surface area contributed by atoms with Crippen LogP contribution in [0.2, 0.25) is 5.02 Å². The highest BCUT2D eigenvalue weighted by Gasteiger charge is 2.28. The predicted octanol–water partition coefficient (Wildman–Crippen LogP) is 3.52. The first-order chi connectivity index (χ1) is 14.0. The SMILES string of the molecule is CN=C(NCC(c1cccc(Cl)c1)N1CCCC1)NC1CCN(C(=O)C(C)C)C1.I. The van der Waals surface area contributed by atoms with Gasteiger partial charge < -0.3 is 15.5 Å². The Bertz CT molecular complexity index is 723. The number of halogens is 2. The molecule has 6 nitrogen and oxygen atoms in total. The van der Waals surface area contributed by atoms with Crippen molar-refractivity contribution in [1.29, 1.82) is 0 Å². The number of carbonyl (C=O) groups is 1. The van der Waals surface area contributed by atoms with Crippen molar-refractivity contribution in [3.8, 4) is 0 Å². The molecular weight excluding hydrogens is 513 g/mol. The van der Waals surface area contributed by atoms with Crippen molar-refractivity contribution in [1.82, 2.24) is 20.4 Å². The van der Waals surface area contributed by atoms with Crippen LogP contribution < -0.4 is 10.6 Å². The average molecular weight is 548 g/mol. The van der Waals surface area contributed by atoms with E-state index >= 15 is 0 Å². The van der Waals surface area contributed by atoms with E-state index in [1.165, 1.54) is 18.4 Å². The minimum atomic E-state index is 0. The van der Waals surface area contributed by atoms with Crippen LogP contribution in [0.4, 0.5) is 0 Å². The highest BCUT2D eigenvalue weighted by atomic mass is 127. The number of benzene rings is 1. The summed E-state index contributed by atoms with van der Waals surface area (Å²) in [4.78, 5) is 21.1. The Balaban J connectivity index is 0.00000320.